The maximum Gasteiger partial charge on any atom is 0.340 e. The number of aromatic nitrogens is 1. The molecule has 0 atom stereocenters. The molecular weight excluding hydrogens is 420 g/mol. The van der Waals surface area contributed by atoms with Crippen LogP contribution in [0, 0.1) is 6.92 Å². The van der Waals surface area contributed by atoms with Crippen LogP contribution >= 0.6 is 11.3 Å². The molecule has 162 valence electrons. The van der Waals surface area contributed by atoms with Gasteiger partial charge in [-0.1, -0.05) is 6.07 Å². The maximum absolute atomic E-state index is 12.4. The van der Waals surface area contributed by atoms with Gasteiger partial charge in [0.1, 0.15) is 0 Å². The zero-order valence-electron chi connectivity index (χ0n) is 17.6. The highest BCUT2D eigenvalue weighted by atomic mass is 32.1. The molecule has 3 rings (SSSR count). The van der Waals surface area contributed by atoms with Crippen LogP contribution in [0.15, 0.2) is 41.8 Å². The molecule has 0 aliphatic heterocycles. The molecule has 1 aromatic carbocycles. The van der Waals surface area contributed by atoms with Gasteiger partial charge in [0.25, 0.3) is 5.91 Å². The Labute approximate surface area is 183 Å². The number of amides is 1. The molecule has 0 spiro atoms. The zero-order valence-corrected chi connectivity index (χ0v) is 18.4. The van der Waals surface area contributed by atoms with Crippen LogP contribution in [-0.2, 0) is 9.53 Å². The minimum Gasteiger partial charge on any atom is -0.493 e. The predicted molar refractivity (Wildman–Crippen MR) is 117 cm³/mol. The smallest absolute Gasteiger partial charge is 0.340 e. The maximum atomic E-state index is 12.4. The third kappa shape index (κ3) is 5.13. The third-order valence-electron chi connectivity index (χ3n) is 4.36. The molecule has 0 aliphatic carbocycles. The summed E-state index contributed by atoms with van der Waals surface area (Å²) in [6.45, 7) is 1.27. The predicted octanol–water partition coefficient (Wildman–Crippen LogP) is 3.94. The molecule has 0 fully saturated rings. The van der Waals surface area contributed by atoms with Crippen molar-refractivity contribution < 1.29 is 28.5 Å². The van der Waals surface area contributed by atoms with Crippen molar-refractivity contribution in [3.05, 3.63) is 53.0 Å². The second-order valence-corrected chi connectivity index (χ2v) is 7.29. The molecule has 2 heterocycles. The number of thiophene rings is 1. The van der Waals surface area contributed by atoms with Crippen LogP contribution in [0.1, 0.15) is 16.1 Å². The molecule has 1 amide bonds. The van der Waals surface area contributed by atoms with E-state index in [2.05, 4.69) is 10.3 Å². The molecule has 0 radical (unpaired) electrons. The number of methoxy groups -OCH3 is 3. The molecule has 31 heavy (non-hydrogen) atoms. The number of pyridine rings is 1. The van der Waals surface area contributed by atoms with Gasteiger partial charge < -0.3 is 24.3 Å². The summed E-state index contributed by atoms with van der Waals surface area (Å²) in [5.74, 6) is 0.0537. The monoisotopic (exact) mass is 442 g/mol. The van der Waals surface area contributed by atoms with Gasteiger partial charge in [-0.25, -0.2) is 4.79 Å². The van der Waals surface area contributed by atoms with Gasteiger partial charge in [0, 0.05) is 17.8 Å². The molecule has 0 aliphatic rings. The molecule has 1 N–H and O–H groups in total. The molecule has 0 saturated carbocycles. The Morgan fingerprint density at radius 1 is 1.03 bits per heavy atom. The number of hydrogen-bond acceptors (Lipinski definition) is 8. The normalized spacial score (nSPS) is 10.3. The highest BCUT2D eigenvalue weighted by molar-refractivity contribution is 7.13. The van der Waals surface area contributed by atoms with Gasteiger partial charge in [0.05, 0.1) is 43.2 Å². The number of benzene rings is 1. The minimum absolute atomic E-state index is 0.306. The van der Waals surface area contributed by atoms with Gasteiger partial charge in [0.15, 0.2) is 18.1 Å². The van der Waals surface area contributed by atoms with E-state index in [0.717, 1.165) is 10.6 Å². The molecule has 8 nitrogen and oxygen atoms in total. The van der Waals surface area contributed by atoms with E-state index in [9.17, 15) is 9.59 Å². The van der Waals surface area contributed by atoms with E-state index in [4.69, 9.17) is 18.9 Å². The first-order valence-electron chi connectivity index (χ1n) is 9.25. The number of carbonyl (C=O) groups excluding carboxylic acids is 2. The lowest BCUT2D eigenvalue weighted by Gasteiger charge is -2.14. The highest BCUT2D eigenvalue weighted by Gasteiger charge is 2.17. The number of hydrogen-bond donors (Lipinski definition) is 1. The lowest BCUT2D eigenvalue weighted by molar-refractivity contribution is -0.119. The van der Waals surface area contributed by atoms with Crippen molar-refractivity contribution in [1.82, 2.24) is 4.98 Å². The number of nitrogens with one attached hydrogen (secondary N) is 1. The summed E-state index contributed by atoms with van der Waals surface area (Å²) in [7, 11) is 4.44. The van der Waals surface area contributed by atoms with Crippen molar-refractivity contribution in [2.24, 2.45) is 0 Å². The Morgan fingerprint density at radius 3 is 2.29 bits per heavy atom. The molecule has 0 unspecified atom stereocenters. The van der Waals surface area contributed by atoms with Crippen LogP contribution in [0.3, 0.4) is 0 Å². The van der Waals surface area contributed by atoms with Crippen molar-refractivity contribution in [3.63, 3.8) is 0 Å². The summed E-state index contributed by atoms with van der Waals surface area (Å²) in [6, 6.07) is 10.5. The van der Waals surface area contributed by atoms with Gasteiger partial charge in [-0.05, 0) is 30.5 Å². The molecule has 0 saturated heterocycles. The van der Waals surface area contributed by atoms with Crippen LogP contribution in [0.25, 0.3) is 10.6 Å². The highest BCUT2D eigenvalue weighted by Crippen LogP contribution is 2.39. The Hall–Kier alpha value is -3.59. The molecule has 3 aromatic rings. The first-order valence-corrected chi connectivity index (χ1v) is 10.1. The summed E-state index contributed by atoms with van der Waals surface area (Å²) in [5.41, 5.74) is 2.03. The van der Waals surface area contributed by atoms with Gasteiger partial charge in [0.2, 0.25) is 5.75 Å². The average Bonchev–Trinajstić information content (AvgIpc) is 3.31. The second kappa shape index (κ2) is 9.94. The number of rotatable bonds is 8. The minimum atomic E-state index is -0.622. The van der Waals surface area contributed by atoms with Crippen molar-refractivity contribution in [1.29, 1.82) is 0 Å². The van der Waals surface area contributed by atoms with E-state index in [1.807, 2.05) is 17.5 Å². The second-order valence-electron chi connectivity index (χ2n) is 6.35. The van der Waals surface area contributed by atoms with Crippen molar-refractivity contribution >= 4 is 28.9 Å². The topological polar surface area (TPSA) is 96.0 Å². The summed E-state index contributed by atoms with van der Waals surface area (Å²) in [6.07, 6.45) is 0. The standard InChI is InChI=1S/C22H22N2O6S/c1-13-15(7-8-16(23-13)19-6-5-9-31-19)22(26)30-12-20(25)24-14-10-17(27-2)21(29-4)18(11-14)28-3/h5-11H,12H2,1-4H3,(H,24,25). The third-order valence-corrected chi connectivity index (χ3v) is 5.25. The number of nitrogens with zero attached hydrogens (tertiary/aromatic N) is 1. The Bertz CT molecular complexity index is 1060. The Morgan fingerprint density at radius 2 is 1.74 bits per heavy atom. The van der Waals surface area contributed by atoms with Crippen molar-refractivity contribution in [2.75, 3.05) is 33.3 Å². The van der Waals surface area contributed by atoms with Crippen LogP contribution in [0.4, 0.5) is 5.69 Å². The number of aryl methyl sites for hydroxylation is 1. The lowest BCUT2D eigenvalue weighted by Crippen LogP contribution is -2.21. The molecule has 2 aromatic heterocycles. The van der Waals surface area contributed by atoms with Crippen molar-refractivity contribution in [3.8, 4) is 27.8 Å². The lowest BCUT2D eigenvalue weighted by atomic mass is 10.2. The summed E-state index contributed by atoms with van der Waals surface area (Å²) in [4.78, 5) is 30.2. The van der Waals surface area contributed by atoms with Crippen LogP contribution in [0.2, 0.25) is 0 Å². The average molecular weight is 442 g/mol. The van der Waals surface area contributed by atoms with Gasteiger partial charge in [-0.3, -0.25) is 9.78 Å². The van der Waals surface area contributed by atoms with E-state index in [1.165, 1.54) is 21.3 Å². The van der Waals surface area contributed by atoms with E-state index in [0.29, 0.717) is 34.2 Å². The number of esters is 1. The number of anilines is 1. The summed E-state index contributed by atoms with van der Waals surface area (Å²) in [5, 5.41) is 4.61. The van der Waals surface area contributed by atoms with E-state index < -0.39 is 18.5 Å². The first-order chi connectivity index (χ1) is 15.0. The fourth-order valence-corrected chi connectivity index (χ4v) is 3.59. The van der Waals surface area contributed by atoms with Crippen LogP contribution in [0.5, 0.6) is 17.2 Å². The van der Waals surface area contributed by atoms with Crippen LogP contribution < -0.4 is 19.5 Å². The fraction of sp³-hybridized carbons (Fsp3) is 0.227. The van der Waals surface area contributed by atoms with Gasteiger partial charge >= 0.3 is 5.97 Å². The molecular formula is C22H22N2O6S. The summed E-state index contributed by atoms with van der Waals surface area (Å²) < 4.78 is 20.9. The Balaban J connectivity index is 1.64. The number of carbonyl (C=O) groups is 2. The molecule has 0 bridgehead atoms. The van der Waals surface area contributed by atoms with E-state index in [-0.39, 0.29) is 0 Å². The SMILES string of the molecule is COc1cc(NC(=O)COC(=O)c2ccc(-c3cccs3)nc2C)cc(OC)c1OC. The zero-order chi connectivity index (χ0) is 22.4. The summed E-state index contributed by atoms with van der Waals surface area (Å²) >= 11 is 1.56. The Kier molecular flexibility index (Phi) is 7.09. The van der Waals surface area contributed by atoms with Gasteiger partial charge in [-0.2, -0.15) is 0 Å². The van der Waals surface area contributed by atoms with Crippen LogP contribution in [-0.4, -0.2) is 44.8 Å². The largest absolute Gasteiger partial charge is 0.493 e. The van der Waals surface area contributed by atoms with E-state index >= 15 is 0 Å². The van der Waals surface area contributed by atoms with E-state index in [1.54, 1.807) is 42.5 Å². The fourth-order valence-electron chi connectivity index (χ4n) is 2.90. The van der Waals surface area contributed by atoms with Gasteiger partial charge in [-0.15, -0.1) is 11.3 Å². The number of ether oxygens (including phenoxy) is 4. The van der Waals surface area contributed by atoms with Crippen molar-refractivity contribution in [2.45, 2.75) is 6.92 Å². The first kappa shape index (κ1) is 22.1. The quantitative estimate of drug-likeness (QED) is 0.528. The molecule has 9 heteroatoms.